The van der Waals surface area contributed by atoms with Gasteiger partial charge in [-0.15, -0.1) is 13.2 Å². The Morgan fingerprint density at radius 2 is 1.89 bits per heavy atom. The van der Waals surface area contributed by atoms with Crippen LogP contribution >= 0.6 is 0 Å². The first kappa shape index (κ1) is 20.2. The number of amides is 1. The second kappa shape index (κ2) is 9.51. The number of ether oxygens (including phenoxy) is 2. The van der Waals surface area contributed by atoms with Crippen molar-refractivity contribution in [2.24, 2.45) is 0 Å². The predicted octanol–water partition coefficient (Wildman–Crippen LogP) is 4.62. The average Bonchev–Trinajstić information content (AvgIpc) is 2.61. The van der Waals surface area contributed by atoms with Crippen molar-refractivity contribution in [3.05, 3.63) is 65.7 Å². The molecule has 5 nitrogen and oxygen atoms in total. The molecule has 0 spiro atoms. The summed E-state index contributed by atoms with van der Waals surface area (Å²) in [5, 5.41) is 12.0. The van der Waals surface area contributed by atoms with Gasteiger partial charge in [-0.05, 0) is 30.2 Å². The minimum Gasteiger partial charge on any atom is -0.508 e. The van der Waals surface area contributed by atoms with Crippen molar-refractivity contribution >= 4 is 12.2 Å². The van der Waals surface area contributed by atoms with Crippen LogP contribution in [0.1, 0.15) is 17.5 Å². The first-order chi connectivity index (χ1) is 12.8. The van der Waals surface area contributed by atoms with Gasteiger partial charge in [0.05, 0.1) is 0 Å². The first-order valence-corrected chi connectivity index (χ1v) is 8.03. The van der Waals surface area contributed by atoms with Gasteiger partial charge in [0.2, 0.25) is 0 Å². The number of carbonyl (C=O) groups excluding carboxylic acids is 1. The van der Waals surface area contributed by atoms with E-state index in [-0.39, 0.29) is 24.5 Å². The smallest absolute Gasteiger partial charge is 0.508 e. The number of hydrogen-bond acceptors (Lipinski definition) is 4. The van der Waals surface area contributed by atoms with Crippen LogP contribution in [0, 0.1) is 0 Å². The Hall–Kier alpha value is -3.16. The van der Waals surface area contributed by atoms with Crippen LogP contribution in [0.5, 0.6) is 11.5 Å². The van der Waals surface area contributed by atoms with Gasteiger partial charge in [0, 0.05) is 12.1 Å². The summed E-state index contributed by atoms with van der Waals surface area (Å²) in [6.07, 6.45) is -2.15. The molecule has 0 radical (unpaired) electrons. The standard InChI is InChI=1S/C19H18F3NO4/c20-19(21,22)27-17-10-9-16(24)12-15(17)8-4-5-11-23-18(25)26-13-14-6-2-1-3-7-14/h1-4,6-10,12,24H,5,11,13H2,(H,23,25). The Bertz CT molecular complexity index is 776. The summed E-state index contributed by atoms with van der Waals surface area (Å²) < 4.78 is 46.1. The summed E-state index contributed by atoms with van der Waals surface area (Å²) in [5.41, 5.74) is 0.924. The number of hydrogen-bond donors (Lipinski definition) is 2. The number of alkyl halides is 3. The Morgan fingerprint density at radius 1 is 1.15 bits per heavy atom. The molecule has 2 aromatic rings. The Balaban J connectivity index is 1.78. The fraction of sp³-hybridized carbons (Fsp3) is 0.211. The monoisotopic (exact) mass is 381 g/mol. The van der Waals surface area contributed by atoms with E-state index in [0.29, 0.717) is 6.42 Å². The van der Waals surface area contributed by atoms with Crippen molar-refractivity contribution in [1.82, 2.24) is 5.32 Å². The molecule has 0 fully saturated rings. The normalized spacial score (nSPS) is 11.4. The zero-order valence-corrected chi connectivity index (χ0v) is 14.2. The number of rotatable bonds is 7. The molecule has 0 heterocycles. The number of aromatic hydroxyl groups is 1. The van der Waals surface area contributed by atoms with E-state index in [9.17, 15) is 23.1 Å². The highest BCUT2D eigenvalue weighted by molar-refractivity contribution is 5.67. The zero-order valence-electron chi connectivity index (χ0n) is 14.2. The van der Waals surface area contributed by atoms with Gasteiger partial charge < -0.3 is 19.9 Å². The summed E-state index contributed by atoms with van der Waals surface area (Å²) >= 11 is 0. The van der Waals surface area contributed by atoms with Crippen LogP contribution in [0.15, 0.2) is 54.6 Å². The zero-order chi connectivity index (χ0) is 19.7. The van der Waals surface area contributed by atoms with Crippen LogP contribution in [0.25, 0.3) is 6.08 Å². The van der Waals surface area contributed by atoms with Crippen LogP contribution in [-0.2, 0) is 11.3 Å². The van der Waals surface area contributed by atoms with E-state index in [4.69, 9.17) is 4.74 Å². The van der Waals surface area contributed by atoms with Crippen LogP contribution < -0.4 is 10.1 Å². The van der Waals surface area contributed by atoms with E-state index >= 15 is 0 Å². The molecule has 27 heavy (non-hydrogen) atoms. The number of nitrogens with one attached hydrogen (secondary N) is 1. The molecule has 8 heteroatoms. The summed E-state index contributed by atoms with van der Waals surface area (Å²) in [6.45, 7) is 0.377. The van der Waals surface area contributed by atoms with Gasteiger partial charge in [0.25, 0.3) is 0 Å². The van der Waals surface area contributed by atoms with Crippen molar-refractivity contribution in [2.75, 3.05) is 6.54 Å². The summed E-state index contributed by atoms with van der Waals surface area (Å²) in [5.74, 6) is -0.612. The Kier molecular flexibility index (Phi) is 7.10. The highest BCUT2D eigenvalue weighted by atomic mass is 19.4. The van der Waals surface area contributed by atoms with Crippen molar-refractivity contribution in [2.45, 2.75) is 19.4 Å². The quantitative estimate of drug-likeness (QED) is 0.687. The predicted molar refractivity (Wildman–Crippen MR) is 93.1 cm³/mol. The van der Waals surface area contributed by atoms with Gasteiger partial charge in [0.1, 0.15) is 18.1 Å². The Morgan fingerprint density at radius 3 is 2.59 bits per heavy atom. The lowest BCUT2D eigenvalue weighted by Gasteiger charge is -2.11. The van der Waals surface area contributed by atoms with E-state index in [1.165, 1.54) is 6.08 Å². The maximum atomic E-state index is 12.4. The number of carbonyl (C=O) groups is 1. The van der Waals surface area contributed by atoms with Gasteiger partial charge in [-0.2, -0.15) is 0 Å². The lowest BCUT2D eigenvalue weighted by atomic mass is 10.1. The first-order valence-electron chi connectivity index (χ1n) is 8.03. The van der Waals surface area contributed by atoms with Crippen molar-refractivity contribution in [3.63, 3.8) is 0 Å². The minimum absolute atomic E-state index is 0.0685. The molecule has 2 rings (SSSR count). The van der Waals surface area contributed by atoms with Gasteiger partial charge in [0.15, 0.2) is 0 Å². The van der Waals surface area contributed by atoms with E-state index in [0.717, 1.165) is 23.8 Å². The van der Waals surface area contributed by atoms with Gasteiger partial charge in [-0.25, -0.2) is 4.79 Å². The molecule has 0 aromatic heterocycles. The molecular weight excluding hydrogens is 363 g/mol. The van der Waals surface area contributed by atoms with Crippen LogP contribution in [0.3, 0.4) is 0 Å². The van der Waals surface area contributed by atoms with E-state index in [2.05, 4.69) is 10.1 Å². The van der Waals surface area contributed by atoms with Gasteiger partial charge >= 0.3 is 12.5 Å². The Labute approximate surface area is 154 Å². The van der Waals surface area contributed by atoms with Crippen LogP contribution in [0.2, 0.25) is 0 Å². The third-order valence-corrected chi connectivity index (χ3v) is 3.31. The van der Waals surface area contributed by atoms with Crippen molar-refractivity contribution < 1.29 is 32.5 Å². The van der Waals surface area contributed by atoms with E-state index in [1.54, 1.807) is 6.08 Å². The topological polar surface area (TPSA) is 67.8 Å². The largest absolute Gasteiger partial charge is 0.573 e. The molecule has 0 bridgehead atoms. The molecule has 0 aliphatic rings. The van der Waals surface area contributed by atoms with Crippen LogP contribution in [-0.4, -0.2) is 24.1 Å². The molecule has 0 saturated heterocycles. The molecule has 0 saturated carbocycles. The minimum atomic E-state index is -4.83. The molecule has 1 amide bonds. The number of phenols is 1. The number of alkyl carbamates (subject to hydrolysis) is 1. The SMILES string of the molecule is O=C(NCCC=Cc1cc(O)ccc1OC(F)(F)F)OCc1ccccc1. The van der Waals surface area contributed by atoms with Gasteiger partial charge in [-0.1, -0.05) is 42.5 Å². The summed E-state index contributed by atoms with van der Waals surface area (Å²) in [6, 6.07) is 12.5. The lowest BCUT2D eigenvalue weighted by molar-refractivity contribution is -0.274. The fourth-order valence-corrected chi connectivity index (χ4v) is 2.13. The maximum Gasteiger partial charge on any atom is 0.573 e. The van der Waals surface area contributed by atoms with Crippen molar-refractivity contribution in [3.8, 4) is 11.5 Å². The highest BCUT2D eigenvalue weighted by Crippen LogP contribution is 2.30. The van der Waals surface area contributed by atoms with E-state index < -0.39 is 18.2 Å². The molecule has 2 N–H and O–H groups in total. The number of halogens is 3. The molecule has 144 valence electrons. The third-order valence-electron chi connectivity index (χ3n) is 3.31. The molecule has 0 aliphatic heterocycles. The third kappa shape index (κ3) is 7.72. The second-order valence-corrected chi connectivity index (χ2v) is 5.45. The van der Waals surface area contributed by atoms with Gasteiger partial charge in [-0.3, -0.25) is 0 Å². The summed E-state index contributed by atoms with van der Waals surface area (Å²) in [4.78, 5) is 11.6. The molecule has 0 atom stereocenters. The number of benzene rings is 2. The fourth-order valence-electron chi connectivity index (χ4n) is 2.13. The number of phenolic OH excluding ortho intramolecular Hbond substituents is 1. The van der Waals surface area contributed by atoms with Crippen LogP contribution in [0.4, 0.5) is 18.0 Å². The second-order valence-electron chi connectivity index (χ2n) is 5.45. The van der Waals surface area contributed by atoms with Crippen molar-refractivity contribution in [1.29, 1.82) is 0 Å². The molecular formula is C19H18F3NO4. The average molecular weight is 381 g/mol. The summed E-state index contributed by atoms with van der Waals surface area (Å²) in [7, 11) is 0. The molecule has 0 aliphatic carbocycles. The lowest BCUT2D eigenvalue weighted by Crippen LogP contribution is -2.24. The molecule has 2 aromatic carbocycles. The molecule has 0 unspecified atom stereocenters. The highest BCUT2D eigenvalue weighted by Gasteiger charge is 2.31. The van der Waals surface area contributed by atoms with E-state index in [1.807, 2.05) is 30.3 Å². The maximum absolute atomic E-state index is 12.4.